The molecule has 1 saturated carbocycles. The van der Waals surface area contributed by atoms with Crippen LogP contribution in [0, 0.1) is 17.2 Å². The first kappa shape index (κ1) is 28.7. The molecular weight excluding hydrogens is 582 g/mol. The Balaban J connectivity index is 0.928. The molecule has 236 valence electrons. The number of amides is 1. The van der Waals surface area contributed by atoms with Crippen molar-refractivity contribution in [2.75, 3.05) is 31.7 Å². The lowest BCUT2D eigenvalue weighted by atomic mass is 9.70. The number of carbonyl (C=O) groups is 1. The second kappa shape index (κ2) is 11.6. The number of nitrogens with one attached hydrogen (secondary N) is 1. The average molecular weight is 620 g/mol. The van der Waals surface area contributed by atoms with Crippen LogP contribution in [0.3, 0.4) is 0 Å². The molecule has 2 atom stereocenters. The first-order valence-electron chi connectivity index (χ1n) is 16.2. The quantitative estimate of drug-likeness (QED) is 0.276. The normalized spacial score (nSPS) is 25.4. The third-order valence-corrected chi connectivity index (χ3v) is 10.4. The van der Waals surface area contributed by atoms with Gasteiger partial charge >= 0.3 is 0 Å². The lowest BCUT2D eigenvalue weighted by molar-refractivity contribution is -0.134. The van der Waals surface area contributed by atoms with Crippen molar-refractivity contribution in [2.24, 2.45) is 5.92 Å². The van der Waals surface area contributed by atoms with E-state index in [0.29, 0.717) is 59.4 Å². The maximum absolute atomic E-state index is 11.4. The molecule has 2 bridgehead atoms. The van der Waals surface area contributed by atoms with E-state index in [-0.39, 0.29) is 11.4 Å². The minimum Gasteiger partial charge on any atom is -0.492 e. The molecule has 1 N–H and O–H groups in total. The number of ether oxygens (including phenoxy) is 2. The Morgan fingerprint density at radius 2 is 1.91 bits per heavy atom. The molecule has 0 radical (unpaired) electrons. The number of piperazine rings is 1. The summed E-state index contributed by atoms with van der Waals surface area (Å²) in [6.45, 7) is 3.28. The number of methoxy groups -OCH3 is 1. The van der Waals surface area contributed by atoms with Crippen LogP contribution < -0.4 is 19.7 Å². The Labute approximate surface area is 267 Å². The molecule has 2 unspecified atom stereocenters. The minimum atomic E-state index is 0.0635. The highest BCUT2D eigenvalue weighted by atomic mass is 16.5. The fraction of sp³-hybridized carbons (Fsp3) is 0.471. The van der Waals surface area contributed by atoms with Gasteiger partial charge in [0.1, 0.15) is 17.6 Å². The molecule has 4 saturated heterocycles. The number of nitriles is 1. The third kappa shape index (κ3) is 5.28. The molecule has 1 aliphatic carbocycles. The minimum absolute atomic E-state index is 0.0635. The molecule has 46 heavy (non-hydrogen) atoms. The third-order valence-electron chi connectivity index (χ3n) is 10.4. The number of rotatable bonds is 9. The van der Waals surface area contributed by atoms with Gasteiger partial charge in [0.15, 0.2) is 0 Å². The number of carbonyl (C=O) groups excluding carboxylic acids is 1. The van der Waals surface area contributed by atoms with E-state index >= 15 is 0 Å². The van der Waals surface area contributed by atoms with E-state index in [0.717, 1.165) is 63.1 Å². The van der Waals surface area contributed by atoms with Crippen molar-refractivity contribution in [3.63, 3.8) is 0 Å². The van der Waals surface area contributed by atoms with E-state index in [9.17, 15) is 10.1 Å². The van der Waals surface area contributed by atoms with Crippen LogP contribution in [0.4, 0.5) is 5.82 Å². The lowest BCUT2D eigenvalue weighted by Gasteiger charge is -2.56. The summed E-state index contributed by atoms with van der Waals surface area (Å²) in [5.41, 5.74) is 3.87. The van der Waals surface area contributed by atoms with E-state index in [1.165, 1.54) is 12.0 Å². The Bertz CT molecular complexity index is 1770. The number of aromatic nitrogens is 5. The van der Waals surface area contributed by atoms with E-state index in [2.05, 4.69) is 37.3 Å². The Morgan fingerprint density at radius 3 is 2.59 bits per heavy atom. The van der Waals surface area contributed by atoms with Gasteiger partial charge in [-0.3, -0.25) is 14.7 Å². The first-order chi connectivity index (χ1) is 22.5. The fourth-order valence-electron chi connectivity index (χ4n) is 7.79. The fourth-order valence-corrected chi connectivity index (χ4v) is 7.79. The molecule has 0 aromatic carbocycles. The molecule has 4 aromatic rings. The van der Waals surface area contributed by atoms with Crippen molar-refractivity contribution in [1.82, 2.24) is 34.8 Å². The number of nitrogens with zero attached hydrogens (tertiary/aromatic N) is 8. The summed E-state index contributed by atoms with van der Waals surface area (Å²) in [7, 11) is 1.63. The molecule has 1 spiro atoms. The average Bonchev–Trinajstić information content (AvgIpc) is 3.50. The van der Waals surface area contributed by atoms with Crippen LogP contribution >= 0.6 is 0 Å². The highest BCUT2D eigenvalue weighted by Crippen LogP contribution is 2.40. The van der Waals surface area contributed by atoms with Gasteiger partial charge in [-0.2, -0.15) is 10.4 Å². The van der Waals surface area contributed by atoms with Gasteiger partial charge in [0.25, 0.3) is 0 Å². The molecule has 9 rings (SSSR count). The highest BCUT2D eigenvalue weighted by Gasteiger charge is 2.45. The summed E-state index contributed by atoms with van der Waals surface area (Å²) < 4.78 is 13.1. The van der Waals surface area contributed by atoms with Crippen molar-refractivity contribution >= 4 is 17.2 Å². The molecule has 5 fully saturated rings. The number of anilines is 1. The second-order valence-electron chi connectivity index (χ2n) is 13.2. The summed E-state index contributed by atoms with van der Waals surface area (Å²) in [6.07, 6.45) is 16.1. The number of pyridine rings is 2. The standard InChI is InChI=1S/C34H37N9O3/c1-45-32-3-2-23(14-38-32)18-42-25-10-26(42)20-41(19-25)30-17-36-29(16-37-30)28-11-27(21-43-33(28)24(13-35)15-39-43)46-9-6-22-4-7-34(8-5-22)12-31(44)40-34/h2-3,11,14-17,21-22,25-26H,4-10,12,18-20H2,1H3,(H,40,44). The van der Waals surface area contributed by atoms with Crippen LogP contribution in [-0.4, -0.2) is 79.8 Å². The predicted octanol–water partition coefficient (Wildman–Crippen LogP) is 3.75. The second-order valence-corrected chi connectivity index (χ2v) is 13.2. The number of piperidine rings is 1. The largest absolute Gasteiger partial charge is 0.492 e. The van der Waals surface area contributed by atoms with Gasteiger partial charge in [-0.15, -0.1) is 0 Å². The van der Waals surface area contributed by atoms with Gasteiger partial charge < -0.3 is 19.7 Å². The first-order valence-corrected chi connectivity index (χ1v) is 16.2. The summed E-state index contributed by atoms with van der Waals surface area (Å²) in [4.78, 5) is 30.3. The van der Waals surface area contributed by atoms with Gasteiger partial charge in [-0.05, 0) is 56.1 Å². The maximum atomic E-state index is 11.4. The van der Waals surface area contributed by atoms with E-state index in [1.807, 2.05) is 30.7 Å². The molecule has 8 heterocycles. The smallest absolute Gasteiger partial charge is 0.222 e. The van der Waals surface area contributed by atoms with Crippen molar-refractivity contribution in [3.8, 4) is 29.0 Å². The van der Waals surface area contributed by atoms with Gasteiger partial charge in [0.2, 0.25) is 11.8 Å². The number of hydrogen-bond donors (Lipinski definition) is 1. The summed E-state index contributed by atoms with van der Waals surface area (Å²) in [6, 6.07) is 9.14. The summed E-state index contributed by atoms with van der Waals surface area (Å²) >= 11 is 0. The van der Waals surface area contributed by atoms with Gasteiger partial charge in [0.05, 0.1) is 55.3 Å². The molecule has 12 heteroatoms. The molecule has 12 nitrogen and oxygen atoms in total. The number of hydrogen-bond acceptors (Lipinski definition) is 10. The van der Waals surface area contributed by atoms with E-state index < -0.39 is 0 Å². The Kier molecular flexibility index (Phi) is 7.21. The maximum Gasteiger partial charge on any atom is 0.222 e. The summed E-state index contributed by atoms with van der Waals surface area (Å²) in [5.74, 6) is 2.94. The van der Waals surface area contributed by atoms with E-state index in [4.69, 9.17) is 19.4 Å². The molecule has 4 aromatic heterocycles. The van der Waals surface area contributed by atoms with Crippen LogP contribution in [0.5, 0.6) is 11.6 Å². The molecular formula is C34H37N9O3. The topological polar surface area (TPSA) is 134 Å². The highest BCUT2D eigenvalue weighted by molar-refractivity contribution is 5.85. The van der Waals surface area contributed by atoms with Crippen molar-refractivity contribution < 1.29 is 14.3 Å². The van der Waals surface area contributed by atoms with Crippen LogP contribution in [0.15, 0.2) is 49.2 Å². The SMILES string of the molecule is COc1ccc(CN2C3CC2CN(c2cnc(-c4cc(OCCC5CCC6(CC5)CC(=O)N6)cn5ncc(C#N)c45)cn2)C3)cn1. The van der Waals surface area contributed by atoms with E-state index in [1.54, 1.807) is 24.0 Å². The summed E-state index contributed by atoms with van der Waals surface area (Å²) in [5, 5.41) is 17.3. The molecule has 1 amide bonds. The Morgan fingerprint density at radius 1 is 1.09 bits per heavy atom. The van der Waals surface area contributed by atoms with Gasteiger partial charge in [-0.1, -0.05) is 6.07 Å². The number of fused-ring (bicyclic) bond motifs is 3. The predicted molar refractivity (Wildman–Crippen MR) is 169 cm³/mol. The van der Waals surface area contributed by atoms with Crippen molar-refractivity contribution in [1.29, 1.82) is 5.26 Å². The zero-order valence-electron chi connectivity index (χ0n) is 25.9. The monoisotopic (exact) mass is 619 g/mol. The van der Waals surface area contributed by atoms with Gasteiger partial charge in [0, 0.05) is 61.5 Å². The zero-order chi connectivity index (χ0) is 31.3. The molecule has 4 aliphatic heterocycles. The Hall–Kier alpha value is -4.76. The lowest BCUT2D eigenvalue weighted by Crippen LogP contribution is -2.68. The van der Waals surface area contributed by atoms with Crippen molar-refractivity contribution in [2.45, 2.75) is 69.1 Å². The van der Waals surface area contributed by atoms with Gasteiger partial charge in [-0.25, -0.2) is 14.5 Å². The number of β-lactam (4-membered cyclic amide) rings is 1. The van der Waals surface area contributed by atoms with Crippen LogP contribution in [-0.2, 0) is 11.3 Å². The van der Waals surface area contributed by atoms with Crippen LogP contribution in [0.25, 0.3) is 16.8 Å². The van der Waals surface area contributed by atoms with Crippen LogP contribution in [0.1, 0.15) is 56.1 Å². The molecule has 5 aliphatic rings. The van der Waals surface area contributed by atoms with Crippen molar-refractivity contribution in [3.05, 3.63) is 60.3 Å². The zero-order valence-corrected chi connectivity index (χ0v) is 25.9. The van der Waals surface area contributed by atoms with Crippen LogP contribution in [0.2, 0.25) is 0 Å².